The van der Waals surface area contributed by atoms with E-state index in [4.69, 9.17) is 10.2 Å². The Labute approximate surface area is 129 Å². The largest absolute Gasteiger partial charge is 0.439 e. The minimum atomic E-state index is -3.50. The van der Waals surface area contributed by atoms with E-state index < -0.39 is 9.84 Å². The van der Waals surface area contributed by atoms with Crippen LogP contribution in [0.2, 0.25) is 0 Å². The van der Waals surface area contributed by atoms with Crippen molar-refractivity contribution in [2.75, 3.05) is 5.73 Å². The molecule has 0 saturated heterocycles. The van der Waals surface area contributed by atoms with Gasteiger partial charge in [0.2, 0.25) is 5.89 Å². The molecule has 1 heterocycles. The molecule has 2 aromatic carbocycles. The molecule has 0 fully saturated rings. The van der Waals surface area contributed by atoms with E-state index in [1.165, 1.54) is 0 Å². The van der Waals surface area contributed by atoms with Crippen LogP contribution < -0.4 is 5.73 Å². The van der Waals surface area contributed by atoms with Crippen molar-refractivity contribution in [2.45, 2.75) is 10.6 Å². The molecule has 0 aliphatic rings. The van der Waals surface area contributed by atoms with E-state index in [0.717, 1.165) is 4.47 Å². The van der Waals surface area contributed by atoms with E-state index in [2.05, 4.69) is 20.9 Å². The molecule has 0 amide bonds. The summed E-state index contributed by atoms with van der Waals surface area (Å²) in [7, 11) is -3.50. The number of anilines is 1. The Morgan fingerprint density at radius 2 is 1.86 bits per heavy atom. The summed E-state index contributed by atoms with van der Waals surface area (Å²) in [5, 5.41) is 0. The van der Waals surface area contributed by atoms with Gasteiger partial charge in [0.25, 0.3) is 0 Å². The van der Waals surface area contributed by atoms with E-state index in [0.29, 0.717) is 16.8 Å². The summed E-state index contributed by atoms with van der Waals surface area (Å²) in [4.78, 5) is 4.40. The summed E-state index contributed by atoms with van der Waals surface area (Å²) in [5.74, 6) is -0.137. The van der Waals surface area contributed by atoms with Gasteiger partial charge in [-0.15, -0.1) is 0 Å². The lowest BCUT2D eigenvalue weighted by Gasteiger charge is -2.01. The van der Waals surface area contributed by atoms with Gasteiger partial charge < -0.3 is 10.2 Å². The zero-order valence-corrected chi connectivity index (χ0v) is 13.2. The van der Waals surface area contributed by atoms with Gasteiger partial charge in [0.1, 0.15) is 11.3 Å². The number of hydrogen-bond acceptors (Lipinski definition) is 5. The molecule has 0 unspecified atom stereocenters. The number of nitrogens with zero attached hydrogens (tertiary/aromatic N) is 1. The molecular formula is C14H11BrN2O3S. The molecule has 0 radical (unpaired) electrons. The van der Waals surface area contributed by atoms with Crippen molar-refractivity contribution in [3.05, 3.63) is 52.8 Å². The van der Waals surface area contributed by atoms with Gasteiger partial charge in [-0.05, 0) is 36.4 Å². The van der Waals surface area contributed by atoms with Gasteiger partial charge in [0.15, 0.2) is 15.4 Å². The van der Waals surface area contributed by atoms with Crippen molar-refractivity contribution < 1.29 is 12.8 Å². The van der Waals surface area contributed by atoms with Crippen molar-refractivity contribution in [3.63, 3.8) is 0 Å². The third-order valence-corrected chi connectivity index (χ3v) is 5.09. The molecule has 7 heteroatoms. The highest BCUT2D eigenvalue weighted by Gasteiger charge is 2.19. The molecular weight excluding hydrogens is 356 g/mol. The van der Waals surface area contributed by atoms with E-state index >= 15 is 0 Å². The Morgan fingerprint density at radius 1 is 1.14 bits per heavy atom. The van der Waals surface area contributed by atoms with Gasteiger partial charge in [-0.2, -0.15) is 0 Å². The molecule has 5 nitrogen and oxygen atoms in total. The predicted molar refractivity (Wildman–Crippen MR) is 83.5 cm³/mol. The fourth-order valence-electron chi connectivity index (χ4n) is 1.94. The van der Waals surface area contributed by atoms with Gasteiger partial charge in [-0.1, -0.05) is 15.9 Å². The lowest BCUT2D eigenvalue weighted by molar-refractivity contribution is 0.540. The van der Waals surface area contributed by atoms with Crippen molar-refractivity contribution in [3.8, 4) is 0 Å². The number of rotatable bonds is 3. The number of fused-ring (bicyclic) bond motifs is 1. The minimum absolute atomic E-state index is 0.151. The average Bonchev–Trinajstić information content (AvgIpc) is 2.79. The number of sulfone groups is 1. The molecule has 0 bridgehead atoms. The van der Waals surface area contributed by atoms with Crippen LogP contribution in [-0.2, 0) is 15.6 Å². The maximum atomic E-state index is 12.3. The topological polar surface area (TPSA) is 86.2 Å². The van der Waals surface area contributed by atoms with Crippen LogP contribution in [0.4, 0.5) is 5.69 Å². The number of nitrogens with two attached hydrogens (primary N) is 1. The molecule has 3 aromatic rings. The van der Waals surface area contributed by atoms with E-state index in [9.17, 15) is 8.42 Å². The van der Waals surface area contributed by atoms with Crippen LogP contribution in [0.15, 0.2) is 56.2 Å². The zero-order chi connectivity index (χ0) is 15.0. The second-order valence-corrected chi connectivity index (χ2v) is 7.45. The monoisotopic (exact) mass is 366 g/mol. The number of halogens is 1. The molecule has 0 atom stereocenters. The Morgan fingerprint density at radius 3 is 2.57 bits per heavy atom. The van der Waals surface area contributed by atoms with Crippen LogP contribution in [0.3, 0.4) is 0 Å². The van der Waals surface area contributed by atoms with Crippen molar-refractivity contribution in [2.24, 2.45) is 0 Å². The first-order chi connectivity index (χ1) is 9.94. The minimum Gasteiger partial charge on any atom is -0.439 e. The third kappa shape index (κ3) is 2.93. The standard InChI is InChI=1S/C14H11BrN2O3S/c15-9-1-4-11(5-2-9)21(18,19)8-14-17-12-6-3-10(16)7-13(12)20-14/h1-7H,8,16H2. The molecule has 21 heavy (non-hydrogen) atoms. The normalized spacial score (nSPS) is 11.9. The molecule has 1 aromatic heterocycles. The SMILES string of the molecule is Nc1ccc2nc(CS(=O)(=O)c3ccc(Br)cc3)oc2c1. The van der Waals surface area contributed by atoms with Gasteiger partial charge >= 0.3 is 0 Å². The lowest BCUT2D eigenvalue weighted by Crippen LogP contribution is -2.04. The highest BCUT2D eigenvalue weighted by Crippen LogP contribution is 2.23. The van der Waals surface area contributed by atoms with Gasteiger partial charge in [-0.3, -0.25) is 0 Å². The van der Waals surface area contributed by atoms with E-state index in [-0.39, 0.29) is 16.5 Å². The van der Waals surface area contributed by atoms with E-state index in [1.54, 1.807) is 42.5 Å². The summed E-state index contributed by atoms with van der Waals surface area (Å²) in [6.07, 6.45) is 0. The lowest BCUT2D eigenvalue weighted by atomic mass is 10.3. The van der Waals surface area contributed by atoms with Gasteiger partial charge in [0, 0.05) is 16.2 Å². The number of aromatic nitrogens is 1. The zero-order valence-electron chi connectivity index (χ0n) is 10.8. The van der Waals surface area contributed by atoms with Crippen LogP contribution in [-0.4, -0.2) is 13.4 Å². The fourth-order valence-corrected chi connectivity index (χ4v) is 3.37. The fraction of sp³-hybridized carbons (Fsp3) is 0.0714. The van der Waals surface area contributed by atoms with Crippen LogP contribution in [0.25, 0.3) is 11.1 Å². The first kappa shape index (κ1) is 14.1. The second kappa shape index (κ2) is 5.16. The summed E-state index contributed by atoms with van der Waals surface area (Å²) < 4.78 is 30.9. The third-order valence-electron chi connectivity index (χ3n) is 2.94. The smallest absolute Gasteiger partial charge is 0.211 e. The molecule has 3 rings (SSSR count). The Bertz CT molecular complexity index is 902. The quantitative estimate of drug-likeness (QED) is 0.719. The van der Waals surface area contributed by atoms with Crippen LogP contribution >= 0.6 is 15.9 Å². The van der Waals surface area contributed by atoms with Crippen molar-refractivity contribution >= 4 is 42.6 Å². The first-order valence-electron chi connectivity index (χ1n) is 6.07. The average molecular weight is 367 g/mol. The maximum absolute atomic E-state index is 12.3. The highest BCUT2D eigenvalue weighted by molar-refractivity contribution is 9.10. The maximum Gasteiger partial charge on any atom is 0.211 e. The van der Waals surface area contributed by atoms with Gasteiger partial charge in [-0.25, -0.2) is 13.4 Å². The second-order valence-electron chi connectivity index (χ2n) is 4.55. The van der Waals surface area contributed by atoms with Gasteiger partial charge in [0.05, 0.1) is 4.90 Å². The molecule has 0 spiro atoms. The summed E-state index contributed by atoms with van der Waals surface area (Å²) >= 11 is 3.27. The Balaban J connectivity index is 1.95. The molecule has 2 N–H and O–H groups in total. The number of benzene rings is 2. The molecule has 0 saturated carbocycles. The van der Waals surface area contributed by atoms with Crippen LogP contribution in [0, 0.1) is 0 Å². The van der Waals surface area contributed by atoms with Crippen molar-refractivity contribution in [1.82, 2.24) is 4.98 Å². The number of oxazole rings is 1. The van der Waals surface area contributed by atoms with Crippen LogP contribution in [0.1, 0.15) is 5.89 Å². The van der Waals surface area contributed by atoms with E-state index in [1.807, 2.05) is 0 Å². The van der Waals surface area contributed by atoms with Crippen LogP contribution in [0.5, 0.6) is 0 Å². The van der Waals surface area contributed by atoms with Crippen molar-refractivity contribution in [1.29, 1.82) is 0 Å². The Hall–Kier alpha value is -1.86. The highest BCUT2D eigenvalue weighted by atomic mass is 79.9. The number of hydrogen-bond donors (Lipinski definition) is 1. The number of nitrogen functional groups attached to an aromatic ring is 1. The summed E-state index contributed by atoms with van der Waals surface area (Å²) in [6, 6.07) is 11.5. The summed E-state index contributed by atoms with van der Waals surface area (Å²) in [5.41, 5.74) is 7.27. The predicted octanol–water partition coefficient (Wildman–Crippen LogP) is 3.15. The Kier molecular flexibility index (Phi) is 3.46. The summed E-state index contributed by atoms with van der Waals surface area (Å²) in [6.45, 7) is 0. The molecule has 0 aliphatic carbocycles. The molecule has 108 valence electrons. The molecule has 0 aliphatic heterocycles. The first-order valence-corrected chi connectivity index (χ1v) is 8.52.